The Bertz CT molecular complexity index is 1040. The fourth-order valence-electron chi connectivity index (χ4n) is 4.57. The van der Waals surface area contributed by atoms with E-state index in [0.717, 1.165) is 25.2 Å². The molecule has 2 saturated heterocycles. The van der Waals surface area contributed by atoms with E-state index in [9.17, 15) is 13.2 Å². The summed E-state index contributed by atoms with van der Waals surface area (Å²) in [5, 5.41) is 3.47. The maximum atomic E-state index is 13.1. The Hall–Kier alpha value is -1.93. The van der Waals surface area contributed by atoms with Gasteiger partial charge in [0.1, 0.15) is 6.04 Å². The topological polar surface area (TPSA) is 69.7 Å². The standard InChI is InChI=1S/C24H30ClN3O3S/c25-21-10-12-22(13-11-21)32(30,31)28-16-6-9-23(28)24(29)26-17-19-7-2-3-8-20(19)18-27-14-4-1-5-15-27/h2-3,7-8,10-13,23H,1,4-6,9,14-18H2,(H,26,29)/t23-/m1/s1. The van der Waals surface area contributed by atoms with Gasteiger partial charge in [-0.1, -0.05) is 42.3 Å². The number of halogens is 1. The van der Waals surface area contributed by atoms with Crippen LogP contribution in [0.25, 0.3) is 0 Å². The maximum Gasteiger partial charge on any atom is 0.243 e. The normalized spacial score (nSPS) is 20.3. The minimum atomic E-state index is -3.75. The number of carbonyl (C=O) groups is 1. The van der Waals surface area contributed by atoms with E-state index in [1.807, 2.05) is 18.2 Å². The molecule has 0 bridgehead atoms. The lowest BCUT2D eigenvalue weighted by Gasteiger charge is -2.27. The molecule has 172 valence electrons. The van der Waals surface area contributed by atoms with Gasteiger partial charge in [-0.05, 0) is 74.2 Å². The SMILES string of the molecule is O=C(NCc1ccccc1CN1CCCCC1)[C@H]1CCCN1S(=O)(=O)c1ccc(Cl)cc1. The van der Waals surface area contributed by atoms with Crippen LogP contribution in [0.5, 0.6) is 0 Å². The molecule has 0 spiro atoms. The first-order chi connectivity index (χ1) is 15.4. The molecule has 0 unspecified atom stereocenters. The highest BCUT2D eigenvalue weighted by Gasteiger charge is 2.39. The number of sulfonamides is 1. The molecule has 0 radical (unpaired) electrons. The number of amides is 1. The highest BCUT2D eigenvalue weighted by atomic mass is 35.5. The van der Waals surface area contributed by atoms with Crippen molar-refractivity contribution < 1.29 is 13.2 Å². The van der Waals surface area contributed by atoms with Crippen molar-refractivity contribution in [2.24, 2.45) is 0 Å². The summed E-state index contributed by atoms with van der Waals surface area (Å²) >= 11 is 5.90. The molecule has 2 aromatic carbocycles. The number of hydrogen-bond acceptors (Lipinski definition) is 4. The summed E-state index contributed by atoms with van der Waals surface area (Å²) < 4.78 is 27.5. The van der Waals surface area contributed by atoms with E-state index in [1.54, 1.807) is 12.1 Å². The van der Waals surface area contributed by atoms with E-state index in [0.29, 0.717) is 31.0 Å². The minimum absolute atomic E-state index is 0.161. The van der Waals surface area contributed by atoms with Gasteiger partial charge in [-0.3, -0.25) is 9.69 Å². The molecule has 1 atom stereocenters. The van der Waals surface area contributed by atoms with Crippen LogP contribution in [0.4, 0.5) is 0 Å². The Morgan fingerprint density at radius 3 is 2.34 bits per heavy atom. The second kappa shape index (κ2) is 10.3. The quantitative estimate of drug-likeness (QED) is 0.661. The van der Waals surface area contributed by atoms with Crippen LogP contribution in [0.3, 0.4) is 0 Å². The van der Waals surface area contributed by atoms with E-state index in [1.165, 1.54) is 41.3 Å². The van der Waals surface area contributed by atoms with Crippen LogP contribution in [0.2, 0.25) is 5.02 Å². The Morgan fingerprint density at radius 1 is 0.938 bits per heavy atom. The third-order valence-electron chi connectivity index (χ3n) is 6.34. The predicted molar refractivity (Wildman–Crippen MR) is 126 cm³/mol. The highest BCUT2D eigenvalue weighted by molar-refractivity contribution is 7.89. The van der Waals surface area contributed by atoms with Crippen LogP contribution < -0.4 is 5.32 Å². The van der Waals surface area contributed by atoms with Crippen LogP contribution in [-0.4, -0.2) is 49.2 Å². The summed E-state index contributed by atoms with van der Waals surface area (Å²) in [7, 11) is -3.75. The Kier molecular flexibility index (Phi) is 7.51. The van der Waals surface area contributed by atoms with E-state index in [2.05, 4.69) is 16.3 Å². The van der Waals surface area contributed by atoms with Crippen molar-refractivity contribution in [1.82, 2.24) is 14.5 Å². The molecule has 1 N–H and O–H groups in total. The van der Waals surface area contributed by atoms with Gasteiger partial charge in [-0.2, -0.15) is 4.31 Å². The highest BCUT2D eigenvalue weighted by Crippen LogP contribution is 2.27. The van der Waals surface area contributed by atoms with Crippen molar-refractivity contribution in [3.63, 3.8) is 0 Å². The molecule has 2 aliphatic rings. The number of carbonyl (C=O) groups excluding carboxylic acids is 1. The number of likely N-dealkylation sites (tertiary alicyclic amines) is 1. The predicted octanol–water partition coefficient (Wildman–Crippen LogP) is 3.80. The maximum absolute atomic E-state index is 13.1. The van der Waals surface area contributed by atoms with Gasteiger partial charge >= 0.3 is 0 Å². The number of nitrogens with one attached hydrogen (secondary N) is 1. The first kappa shape index (κ1) is 23.2. The molecule has 6 nitrogen and oxygen atoms in total. The van der Waals surface area contributed by atoms with Crippen molar-refractivity contribution in [3.8, 4) is 0 Å². The number of piperidine rings is 1. The first-order valence-corrected chi connectivity index (χ1v) is 13.1. The van der Waals surface area contributed by atoms with Crippen molar-refractivity contribution in [1.29, 1.82) is 0 Å². The molecule has 2 heterocycles. The summed E-state index contributed by atoms with van der Waals surface area (Å²) in [5.74, 6) is -0.243. The summed E-state index contributed by atoms with van der Waals surface area (Å²) in [4.78, 5) is 15.6. The van der Waals surface area contributed by atoms with Crippen LogP contribution in [0, 0.1) is 0 Å². The first-order valence-electron chi connectivity index (χ1n) is 11.3. The van der Waals surface area contributed by atoms with E-state index in [-0.39, 0.29) is 10.8 Å². The zero-order valence-electron chi connectivity index (χ0n) is 18.2. The van der Waals surface area contributed by atoms with Gasteiger partial charge in [0.25, 0.3) is 0 Å². The molecule has 2 fully saturated rings. The summed E-state index contributed by atoms with van der Waals surface area (Å²) in [6, 6.07) is 13.6. The van der Waals surface area contributed by atoms with Crippen LogP contribution in [0.15, 0.2) is 53.4 Å². The minimum Gasteiger partial charge on any atom is -0.351 e. The summed E-state index contributed by atoms with van der Waals surface area (Å²) in [5.41, 5.74) is 2.29. The zero-order valence-corrected chi connectivity index (χ0v) is 19.7. The Balaban J connectivity index is 1.42. The Morgan fingerprint density at radius 2 is 1.62 bits per heavy atom. The molecular formula is C24H30ClN3O3S. The molecule has 0 saturated carbocycles. The number of benzene rings is 2. The average Bonchev–Trinajstić information content (AvgIpc) is 3.30. The number of nitrogens with zero attached hydrogens (tertiary/aromatic N) is 2. The van der Waals surface area contributed by atoms with Gasteiger partial charge < -0.3 is 5.32 Å². The second-order valence-electron chi connectivity index (χ2n) is 8.55. The van der Waals surface area contributed by atoms with E-state index < -0.39 is 16.1 Å². The van der Waals surface area contributed by atoms with Gasteiger partial charge in [-0.15, -0.1) is 0 Å². The molecule has 4 rings (SSSR count). The largest absolute Gasteiger partial charge is 0.351 e. The van der Waals surface area contributed by atoms with Crippen molar-refractivity contribution in [2.45, 2.75) is 56.1 Å². The lowest BCUT2D eigenvalue weighted by Crippen LogP contribution is -2.45. The summed E-state index contributed by atoms with van der Waals surface area (Å²) in [6.07, 6.45) is 4.95. The monoisotopic (exact) mass is 475 g/mol. The molecule has 1 amide bonds. The van der Waals surface area contributed by atoms with Crippen molar-refractivity contribution in [2.75, 3.05) is 19.6 Å². The van der Waals surface area contributed by atoms with E-state index in [4.69, 9.17) is 11.6 Å². The lowest BCUT2D eigenvalue weighted by molar-refractivity contribution is -0.124. The number of rotatable bonds is 7. The van der Waals surface area contributed by atoms with Crippen molar-refractivity contribution in [3.05, 3.63) is 64.7 Å². The van der Waals surface area contributed by atoms with Gasteiger partial charge in [0.05, 0.1) is 4.90 Å². The fraction of sp³-hybridized carbons (Fsp3) is 0.458. The second-order valence-corrected chi connectivity index (χ2v) is 10.9. The van der Waals surface area contributed by atoms with Gasteiger partial charge in [-0.25, -0.2) is 8.42 Å². The van der Waals surface area contributed by atoms with Crippen LogP contribution in [0.1, 0.15) is 43.2 Å². The van der Waals surface area contributed by atoms with Crippen LogP contribution >= 0.6 is 11.6 Å². The molecule has 0 aromatic heterocycles. The van der Waals surface area contributed by atoms with E-state index >= 15 is 0 Å². The summed E-state index contributed by atoms with van der Waals surface area (Å²) in [6.45, 7) is 3.84. The molecule has 32 heavy (non-hydrogen) atoms. The molecule has 2 aliphatic heterocycles. The third-order valence-corrected chi connectivity index (χ3v) is 8.52. The van der Waals surface area contributed by atoms with Crippen molar-refractivity contribution >= 4 is 27.5 Å². The fourth-order valence-corrected chi connectivity index (χ4v) is 6.36. The third kappa shape index (κ3) is 5.34. The van der Waals surface area contributed by atoms with Gasteiger partial charge in [0, 0.05) is 24.7 Å². The zero-order chi connectivity index (χ0) is 22.6. The molecule has 8 heteroatoms. The van der Waals surface area contributed by atoms with Gasteiger partial charge in [0.2, 0.25) is 15.9 Å². The molecule has 0 aliphatic carbocycles. The average molecular weight is 476 g/mol. The Labute approximate surface area is 195 Å². The van der Waals surface area contributed by atoms with Gasteiger partial charge in [0.15, 0.2) is 0 Å². The molecule has 2 aromatic rings. The lowest BCUT2D eigenvalue weighted by atomic mass is 10.0. The smallest absolute Gasteiger partial charge is 0.243 e. The van der Waals surface area contributed by atoms with Crippen LogP contribution in [-0.2, 0) is 27.9 Å². The number of hydrogen-bond donors (Lipinski definition) is 1. The molecular weight excluding hydrogens is 446 g/mol.